The van der Waals surface area contributed by atoms with Crippen molar-refractivity contribution in [3.05, 3.63) is 0 Å². The third kappa shape index (κ3) is 4.96. The standard InChI is InChI=1S/C12H25NO2/c1-12(2,3)10-15-9-11-5-4-6-13(11)7-8-14/h11,14H,4-10H2,1-3H3. The first kappa shape index (κ1) is 12.9. The van der Waals surface area contributed by atoms with Gasteiger partial charge in [-0.15, -0.1) is 0 Å². The van der Waals surface area contributed by atoms with E-state index in [-0.39, 0.29) is 12.0 Å². The molecule has 0 saturated carbocycles. The van der Waals surface area contributed by atoms with Gasteiger partial charge in [0.2, 0.25) is 0 Å². The Kier molecular flexibility index (Phi) is 5.03. The number of β-amino-alcohol motifs (C(OH)–C–C–N with tert-alkyl or cyclic N) is 1. The molecule has 1 N–H and O–H groups in total. The lowest BCUT2D eigenvalue weighted by Crippen LogP contribution is -2.36. The number of nitrogens with zero attached hydrogens (tertiary/aromatic N) is 1. The van der Waals surface area contributed by atoms with Crippen molar-refractivity contribution in [1.82, 2.24) is 4.90 Å². The van der Waals surface area contributed by atoms with Crippen molar-refractivity contribution in [1.29, 1.82) is 0 Å². The van der Waals surface area contributed by atoms with Crippen LogP contribution in [0.2, 0.25) is 0 Å². The fourth-order valence-electron chi connectivity index (χ4n) is 2.01. The molecule has 0 amide bonds. The Morgan fingerprint density at radius 1 is 1.40 bits per heavy atom. The molecule has 0 aromatic carbocycles. The Morgan fingerprint density at radius 3 is 2.73 bits per heavy atom. The Hall–Kier alpha value is -0.120. The van der Waals surface area contributed by atoms with Gasteiger partial charge in [-0.25, -0.2) is 0 Å². The highest BCUT2D eigenvalue weighted by Gasteiger charge is 2.24. The van der Waals surface area contributed by atoms with Gasteiger partial charge >= 0.3 is 0 Å². The Morgan fingerprint density at radius 2 is 2.13 bits per heavy atom. The molecule has 1 aliphatic heterocycles. The van der Waals surface area contributed by atoms with Crippen LogP contribution < -0.4 is 0 Å². The van der Waals surface area contributed by atoms with Gasteiger partial charge in [0.25, 0.3) is 0 Å². The normalized spacial score (nSPS) is 23.6. The highest BCUT2D eigenvalue weighted by Crippen LogP contribution is 2.18. The van der Waals surface area contributed by atoms with Crippen molar-refractivity contribution in [3.63, 3.8) is 0 Å². The number of ether oxygens (including phenoxy) is 1. The molecule has 0 aliphatic carbocycles. The molecule has 0 spiro atoms. The van der Waals surface area contributed by atoms with Crippen LogP contribution in [0.15, 0.2) is 0 Å². The molecule has 90 valence electrons. The summed E-state index contributed by atoms with van der Waals surface area (Å²) in [5.41, 5.74) is 0.250. The lowest BCUT2D eigenvalue weighted by Gasteiger charge is -2.25. The van der Waals surface area contributed by atoms with Crippen LogP contribution in [0.25, 0.3) is 0 Å². The second-order valence-electron chi connectivity index (χ2n) is 5.63. The summed E-state index contributed by atoms with van der Waals surface area (Å²) in [5, 5.41) is 8.92. The van der Waals surface area contributed by atoms with E-state index in [1.807, 2.05) is 0 Å². The molecule has 3 heteroatoms. The van der Waals surface area contributed by atoms with Crippen molar-refractivity contribution >= 4 is 0 Å². The molecule has 1 aliphatic rings. The monoisotopic (exact) mass is 215 g/mol. The zero-order chi connectivity index (χ0) is 11.3. The van der Waals surface area contributed by atoms with E-state index in [0.717, 1.165) is 26.3 Å². The number of rotatable bonds is 5. The largest absolute Gasteiger partial charge is 0.395 e. The number of aliphatic hydroxyl groups excluding tert-OH is 1. The third-order valence-corrected chi connectivity index (χ3v) is 2.73. The van der Waals surface area contributed by atoms with E-state index in [1.54, 1.807) is 0 Å². The number of likely N-dealkylation sites (tertiary alicyclic amines) is 1. The lowest BCUT2D eigenvalue weighted by molar-refractivity contribution is 0.0321. The predicted octanol–water partition coefficient (Wildman–Crippen LogP) is 1.51. The van der Waals surface area contributed by atoms with Crippen LogP contribution in [0, 0.1) is 5.41 Å². The molecular formula is C12H25NO2. The van der Waals surface area contributed by atoms with Gasteiger partial charge in [0.1, 0.15) is 0 Å². The van der Waals surface area contributed by atoms with Gasteiger partial charge in [0.05, 0.1) is 19.8 Å². The molecule has 1 saturated heterocycles. The average molecular weight is 215 g/mol. The van der Waals surface area contributed by atoms with E-state index < -0.39 is 0 Å². The second-order valence-corrected chi connectivity index (χ2v) is 5.63. The summed E-state index contributed by atoms with van der Waals surface area (Å²) in [6.45, 7) is 10.4. The van der Waals surface area contributed by atoms with Crippen LogP contribution >= 0.6 is 0 Å². The van der Waals surface area contributed by atoms with Crippen molar-refractivity contribution in [2.45, 2.75) is 39.7 Å². The molecular weight excluding hydrogens is 190 g/mol. The number of aliphatic hydroxyl groups is 1. The molecule has 1 rings (SSSR count). The summed E-state index contributed by atoms with van der Waals surface area (Å²) in [4.78, 5) is 2.34. The van der Waals surface area contributed by atoms with E-state index in [9.17, 15) is 0 Å². The maximum Gasteiger partial charge on any atom is 0.0622 e. The van der Waals surface area contributed by atoms with Crippen LogP contribution in [0.4, 0.5) is 0 Å². The minimum absolute atomic E-state index is 0.250. The van der Waals surface area contributed by atoms with Crippen LogP contribution in [-0.2, 0) is 4.74 Å². The van der Waals surface area contributed by atoms with Crippen molar-refractivity contribution < 1.29 is 9.84 Å². The predicted molar refractivity (Wildman–Crippen MR) is 62.0 cm³/mol. The Balaban J connectivity index is 2.20. The fraction of sp³-hybridized carbons (Fsp3) is 1.00. The minimum atomic E-state index is 0.250. The van der Waals surface area contributed by atoms with Crippen molar-refractivity contribution in [2.24, 2.45) is 5.41 Å². The zero-order valence-electron chi connectivity index (χ0n) is 10.3. The Bertz CT molecular complexity index is 177. The van der Waals surface area contributed by atoms with Crippen LogP contribution in [-0.4, -0.2) is 49.0 Å². The highest BCUT2D eigenvalue weighted by atomic mass is 16.5. The number of hydrogen-bond donors (Lipinski definition) is 1. The zero-order valence-corrected chi connectivity index (χ0v) is 10.3. The molecule has 0 radical (unpaired) electrons. The molecule has 3 nitrogen and oxygen atoms in total. The van der Waals surface area contributed by atoms with Crippen LogP contribution in [0.5, 0.6) is 0 Å². The van der Waals surface area contributed by atoms with Gasteiger partial charge in [-0.3, -0.25) is 4.90 Å². The van der Waals surface area contributed by atoms with Gasteiger partial charge < -0.3 is 9.84 Å². The van der Waals surface area contributed by atoms with Crippen molar-refractivity contribution in [2.75, 3.05) is 32.9 Å². The molecule has 1 heterocycles. The second kappa shape index (κ2) is 5.83. The molecule has 15 heavy (non-hydrogen) atoms. The van der Waals surface area contributed by atoms with Gasteiger partial charge in [0.15, 0.2) is 0 Å². The quantitative estimate of drug-likeness (QED) is 0.754. The minimum Gasteiger partial charge on any atom is -0.395 e. The fourth-order valence-corrected chi connectivity index (χ4v) is 2.01. The summed E-state index contributed by atoms with van der Waals surface area (Å²) in [5.74, 6) is 0. The first-order chi connectivity index (χ1) is 7.03. The van der Waals surface area contributed by atoms with Gasteiger partial charge in [0, 0.05) is 12.6 Å². The van der Waals surface area contributed by atoms with Crippen LogP contribution in [0.3, 0.4) is 0 Å². The average Bonchev–Trinajstić information content (AvgIpc) is 2.51. The summed E-state index contributed by atoms with van der Waals surface area (Å²) in [7, 11) is 0. The summed E-state index contributed by atoms with van der Waals surface area (Å²) < 4.78 is 5.74. The Labute approximate surface area is 93.4 Å². The maximum absolute atomic E-state index is 8.92. The van der Waals surface area contributed by atoms with E-state index >= 15 is 0 Å². The molecule has 1 atom stereocenters. The SMILES string of the molecule is CC(C)(C)COCC1CCCN1CCO. The maximum atomic E-state index is 8.92. The van der Waals surface area contributed by atoms with E-state index in [4.69, 9.17) is 9.84 Å². The summed E-state index contributed by atoms with van der Waals surface area (Å²) >= 11 is 0. The molecule has 1 unspecified atom stereocenters. The molecule has 0 bridgehead atoms. The van der Waals surface area contributed by atoms with E-state index in [2.05, 4.69) is 25.7 Å². The third-order valence-electron chi connectivity index (χ3n) is 2.73. The van der Waals surface area contributed by atoms with Gasteiger partial charge in [-0.1, -0.05) is 20.8 Å². The van der Waals surface area contributed by atoms with E-state index in [1.165, 1.54) is 12.8 Å². The first-order valence-electron chi connectivity index (χ1n) is 5.95. The highest BCUT2D eigenvalue weighted by molar-refractivity contribution is 4.78. The van der Waals surface area contributed by atoms with Crippen LogP contribution in [0.1, 0.15) is 33.6 Å². The first-order valence-corrected chi connectivity index (χ1v) is 5.95. The van der Waals surface area contributed by atoms with Crippen molar-refractivity contribution in [3.8, 4) is 0 Å². The van der Waals surface area contributed by atoms with E-state index in [0.29, 0.717) is 6.04 Å². The molecule has 0 aromatic heterocycles. The van der Waals surface area contributed by atoms with Gasteiger partial charge in [-0.2, -0.15) is 0 Å². The molecule has 1 fully saturated rings. The lowest BCUT2D eigenvalue weighted by atomic mass is 9.99. The number of hydrogen-bond acceptors (Lipinski definition) is 3. The molecule has 0 aromatic rings. The summed E-state index contributed by atoms with van der Waals surface area (Å²) in [6.07, 6.45) is 2.45. The smallest absolute Gasteiger partial charge is 0.0622 e. The summed E-state index contributed by atoms with van der Waals surface area (Å²) in [6, 6.07) is 0.527. The van der Waals surface area contributed by atoms with Gasteiger partial charge in [-0.05, 0) is 24.8 Å². The topological polar surface area (TPSA) is 32.7 Å².